The van der Waals surface area contributed by atoms with Crippen molar-refractivity contribution in [1.82, 2.24) is 0 Å². The van der Waals surface area contributed by atoms with Crippen molar-refractivity contribution in [2.75, 3.05) is 33.9 Å². The molecule has 4 N–H and O–H groups in total. The van der Waals surface area contributed by atoms with E-state index in [1.165, 1.54) is 14.1 Å². The molecule has 0 aliphatic rings. The van der Waals surface area contributed by atoms with Crippen LogP contribution in [0.1, 0.15) is 12.8 Å². The first-order valence-electron chi connectivity index (χ1n) is 5.32. The summed E-state index contributed by atoms with van der Waals surface area (Å²) in [5.74, 6) is -1.73. The molecular weight excluding hydrogens is 266 g/mol. The molecular formula is C9H20NO7S+. The number of carbonyl (C=O) groups is 1. The largest absolute Gasteiger partial charge is 0.476 e. The van der Waals surface area contributed by atoms with Crippen LogP contribution in [0.5, 0.6) is 0 Å². The smallest absolute Gasteiger partial charge is 0.384 e. The maximum absolute atomic E-state index is 11.5. The predicted molar refractivity (Wildman–Crippen MR) is 62.3 cm³/mol. The molecule has 0 saturated heterocycles. The van der Waals surface area contributed by atoms with E-state index in [1.54, 1.807) is 0 Å². The number of aliphatic hydroxyl groups excluding tert-OH is 2. The van der Waals surface area contributed by atoms with E-state index in [0.29, 0.717) is 0 Å². The van der Waals surface area contributed by atoms with Gasteiger partial charge in [0.15, 0.2) is 0 Å². The molecule has 0 aromatic heterocycles. The number of aliphatic carboxylic acids is 1. The van der Waals surface area contributed by atoms with Gasteiger partial charge < -0.3 is 15.3 Å². The van der Waals surface area contributed by atoms with Gasteiger partial charge in [0.2, 0.25) is 0 Å². The molecule has 0 heterocycles. The molecule has 0 amide bonds. The van der Waals surface area contributed by atoms with Crippen LogP contribution in [0.2, 0.25) is 0 Å². The van der Waals surface area contributed by atoms with Gasteiger partial charge in [-0.3, -0.25) is 9.04 Å². The summed E-state index contributed by atoms with van der Waals surface area (Å²) >= 11 is 0. The number of aliphatic hydroxyl groups is 2. The van der Waals surface area contributed by atoms with Crippen LogP contribution in [0.3, 0.4) is 0 Å². The number of hydrogen-bond acceptors (Lipinski definition) is 5. The first-order chi connectivity index (χ1) is 8.06. The van der Waals surface area contributed by atoms with E-state index < -0.39 is 38.5 Å². The Labute approximate surface area is 106 Å². The zero-order valence-corrected chi connectivity index (χ0v) is 11.2. The van der Waals surface area contributed by atoms with Crippen molar-refractivity contribution in [2.45, 2.75) is 17.7 Å². The molecule has 8 nitrogen and oxygen atoms in total. The molecule has 0 aliphatic carbocycles. The SMILES string of the molecule is C[N+](C)(CCCO)C(CCO)(C(=O)O)S(=O)(=O)O. The summed E-state index contributed by atoms with van der Waals surface area (Å²) in [7, 11) is -2.32. The fourth-order valence-corrected chi connectivity index (χ4v) is 3.30. The fourth-order valence-electron chi connectivity index (χ4n) is 2.02. The maximum atomic E-state index is 11.5. The summed E-state index contributed by atoms with van der Waals surface area (Å²) in [5.41, 5.74) is 0. The van der Waals surface area contributed by atoms with Crippen LogP contribution >= 0.6 is 0 Å². The molecule has 0 aromatic carbocycles. The molecule has 18 heavy (non-hydrogen) atoms. The second-order valence-electron chi connectivity index (χ2n) is 4.52. The minimum Gasteiger partial charge on any atom is -0.476 e. The summed E-state index contributed by atoms with van der Waals surface area (Å²) in [6.07, 6.45) is -0.470. The van der Waals surface area contributed by atoms with Crippen molar-refractivity contribution in [1.29, 1.82) is 0 Å². The van der Waals surface area contributed by atoms with Crippen LogP contribution in [0.25, 0.3) is 0 Å². The Balaban J connectivity index is 5.79. The van der Waals surface area contributed by atoms with Gasteiger partial charge in [-0.1, -0.05) is 0 Å². The third-order valence-electron chi connectivity index (χ3n) is 3.06. The highest BCUT2D eigenvalue weighted by atomic mass is 32.2. The summed E-state index contributed by atoms with van der Waals surface area (Å²) < 4.78 is 31.6. The Bertz CT molecular complexity index is 392. The van der Waals surface area contributed by atoms with Crippen LogP contribution in [-0.2, 0) is 14.9 Å². The third-order valence-corrected chi connectivity index (χ3v) is 4.79. The first-order valence-corrected chi connectivity index (χ1v) is 6.76. The molecule has 1 unspecified atom stereocenters. The Morgan fingerprint density at radius 2 is 1.72 bits per heavy atom. The van der Waals surface area contributed by atoms with E-state index in [1.807, 2.05) is 0 Å². The van der Waals surface area contributed by atoms with E-state index >= 15 is 0 Å². The van der Waals surface area contributed by atoms with Crippen LogP contribution in [0.15, 0.2) is 0 Å². The number of hydrogen-bond donors (Lipinski definition) is 4. The Kier molecular flexibility index (Phi) is 5.69. The van der Waals surface area contributed by atoms with Crippen LogP contribution in [0, 0.1) is 0 Å². The lowest BCUT2D eigenvalue weighted by molar-refractivity contribution is -0.918. The number of quaternary nitrogens is 1. The van der Waals surface area contributed by atoms with Crippen molar-refractivity contribution in [3.05, 3.63) is 0 Å². The molecule has 108 valence electrons. The van der Waals surface area contributed by atoms with Crippen LogP contribution < -0.4 is 0 Å². The summed E-state index contributed by atoms with van der Waals surface area (Å²) in [6, 6.07) is 0. The van der Waals surface area contributed by atoms with Gasteiger partial charge in [0, 0.05) is 13.0 Å². The lowest BCUT2D eigenvalue weighted by Gasteiger charge is -2.42. The Morgan fingerprint density at radius 3 is 2.00 bits per heavy atom. The molecule has 0 rings (SSSR count). The van der Waals surface area contributed by atoms with Crippen molar-refractivity contribution in [3.63, 3.8) is 0 Å². The summed E-state index contributed by atoms with van der Waals surface area (Å²) in [5, 5.41) is 26.8. The van der Waals surface area contributed by atoms with Gasteiger partial charge in [0.25, 0.3) is 0 Å². The van der Waals surface area contributed by atoms with Crippen molar-refractivity contribution < 1.29 is 37.6 Å². The standard InChI is InChI=1S/C9H19NO7S/c1-10(2,5-3-6-11)9(4-7-12,8(13)14)18(15,16)17/h11-12H,3-7H2,1-2H3,(H-,13,14,15,16,17)/p+1. The van der Waals surface area contributed by atoms with Crippen LogP contribution in [0.4, 0.5) is 0 Å². The molecule has 0 radical (unpaired) electrons. The van der Waals surface area contributed by atoms with Crippen molar-refractivity contribution >= 4 is 16.1 Å². The van der Waals surface area contributed by atoms with Gasteiger partial charge in [0.1, 0.15) is 0 Å². The first kappa shape index (κ1) is 17.3. The van der Waals surface area contributed by atoms with Crippen molar-refractivity contribution in [2.24, 2.45) is 0 Å². The van der Waals surface area contributed by atoms with Gasteiger partial charge in [-0.25, -0.2) is 4.79 Å². The Hall–Kier alpha value is -0.740. The topological polar surface area (TPSA) is 132 Å². The number of carboxylic acids is 1. The zero-order chi connectivity index (χ0) is 14.6. The summed E-state index contributed by atoms with van der Waals surface area (Å²) in [6.45, 7) is -0.919. The molecule has 0 aromatic rings. The lowest BCUT2D eigenvalue weighted by Crippen LogP contribution is -2.68. The molecule has 0 spiro atoms. The van der Waals surface area contributed by atoms with E-state index in [9.17, 15) is 22.9 Å². The highest BCUT2D eigenvalue weighted by Gasteiger charge is 2.62. The van der Waals surface area contributed by atoms with Crippen LogP contribution in [-0.4, -0.2) is 77.5 Å². The van der Waals surface area contributed by atoms with Crippen molar-refractivity contribution in [3.8, 4) is 0 Å². The van der Waals surface area contributed by atoms with Gasteiger partial charge in [-0.15, -0.1) is 0 Å². The monoisotopic (exact) mass is 286 g/mol. The predicted octanol–water partition coefficient (Wildman–Crippen LogP) is -1.50. The third kappa shape index (κ3) is 2.98. The molecule has 0 fully saturated rings. The average Bonchev–Trinajstić information content (AvgIpc) is 2.20. The molecule has 1 atom stereocenters. The highest BCUT2D eigenvalue weighted by molar-refractivity contribution is 7.87. The molecule has 9 heteroatoms. The molecule has 0 aliphatic heterocycles. The normalized spacial score (nSPS) is 16.3. The second kappa shape index (κ2) is 5.93. The van der Waals surface area contributed by atoms with E-state index in [0.717, 1.165) is 0 Å². The zero-order valence-electron chi connectivity index (χ0n) is 10.4. The van der Waals surface area contributed by atoms with Gasteiger partial charge in [-0.2, -0.15) is 8.42 Å². The summed E-state index contributed by atoms with van der Waals surface area (Å²) in [4.78, 5) is 8.79. The number of nitrogens with zero attached hydrogens (tertiary/aromatic N) is 1. The fraction of sp³-hybridized carbons (Fsp3) is 0.889. The Morgan fingerprint density at radius 1 is 1.22 bits per heavy atom. The minimum absolute atomic E-state index is 0.0165. The lowest BCUT2D eigenvalue weighted by atomic mass is 10.1. The molecule has 0 saturated carbocycles. The quantitative estimate of drug-likeness (QED) is 0.315. The van der Waals surface area contributed by atoms with E-state index in [4.69, 9.17) is 10.2 Å². The maximum Gasteiger partial charge on any atom is 0.384 e. The minimum atomic E-state index is -4.94. The van der Waals surface area contributed by atoms with E-state index in [-0.39, 0.29) is 19.6 Å². The molecule has 0 bridgehead atoms. The van der Waals surface area contributed by atoms with Gasteiger partial charge in [-0.05, 0) is 0 Å². The van der Waals surface area contributed by atoms with Gasteiger partial charge in [0.05, 0.1) is 33.7 Å². The number of carboxylic acid groups (broad SMARTS) is 1. The average molecular weight is 286 g/mol. The van der Waals surface area contributed by atoms with Gasteiger partial charge >= 0.3 is 21.0 Å². The van der Waals surface area contributed by atoms with E-state index in [2.05, 4.69) is 0 Å². The number of likely N-dealkylation sites (N-methyl/N-ethyl adjacent to an activating group) is 1. The highest BCUT2D eigenvalue weighted by Crippen LogP contribution is 2.31. The second-order valence-corrected chi connectivity index (χ2v) is 6.15. The number of rotatable bonds is 8.